The first-order chi connectivity index (χ1) is 8.70. The highest BCUT2D eigenvalue weighted by atomic mass is 32.1. The van der Waals surface area contributed by atoms with Crippen LogP contribution in [0.2, 0.25) is 0 Å². The lowest BCUT2D eigenvalue weighted by Crippen LogP contribution is -2.32. The van der Waals surface area contributed by atoms with Crippen LogP contribution in [0.4, 0.5) is 0 Å². The number of aliphatic hydroxyl groups excluding tert-OH is 3. The van der Waals surface area contributed by atoms with Crippen LogP contribution in [0.1, 0.15) is 11.9 Å². The molecule has 2 aromatic heterocycles. The van der Waals surface area contributed by atoms with Crippen LogP contribution in [-0.2, 0) is 4.74 Å². The van der Waals surface area contributed by atoms with Gasteiger partial charge in [-0.1, -0.05) is 0 Å². The molecule has 1 aliphatic heterocycles. The van der Waals surface area contributed by atoms with Gasteiger partial charge in [0.2, 0.25) is 0 Å². The molecule has 3 N–H and O–H groups in total. The van der Waals surface area contributed by atoms with Gasteiger partial charge in [-0.05, 0) is 0 Å². The molecule has 2 aromatic rings. The van der Waals surface area contributed by atoms with Crippen molar-refractivity contribution in [1.82, 2.24) is 15.0 Å². The van der Waals surface area contributed by atoms with Gasteiger partial charge in [-0.2, -0.15) is 0 Å². The lowest BCUT2D eigenvalue weighted by Gasteiger charge is -2.12. The Balaban J connectivity index is 1.94. The summed E-state index contributed by atoms with van der Waals surface area (Å²) < 4.78 is 6.19. The molecule has 0 aliphatic carbocycles. The summed E-state index contributed by atoms with van der Waals surface area (Å²) in [6.07, 6.45) is -2.36. The van der Waals surface area contributed by atoms with Gasteiger partial charge in [0, 0.05) is 0 Å². The van der Waals surface area contributed by atoms with E-state index in [1.165, 1.54) is 11.3 Å². The van der Waals surface area contributed by atoms with Gasteiger partial charge in [-0.25, -0.2) is 15.0 Å². The van der Waals surface area contributed by atoms with E-state index in [0.29, 0.717) is 5.65 Å². The van der Waals surface area contributed by atoms with Gasteiger partial charge < -0.3 is 20.1 Å². The predicted molar refractivity (Wildman–Crippen MR) is 61.9 cm³/mol. The second kappa shape index (κ2) is 4.48. The zero-order chi connectivity index (χ0) is 12.7. The van der Waals surface area contributed by atoms with Gasteiger partial charge in [-0.3, -0.25) is 0 Å². The third-order valence-electron chi connectivity index (χ3n) is 2.91. The lowest BCUT2D eigenvalue weighted by molar-refractivity contribution is -0.0252. The number of fused-ring (bicyclic) bond motifs is 1. The molecule has 4 atom stereocenters. The molecule has 0 unspecified atom stereocenters. The van der Waals surface area contributed by atoms with Crippen LogP contribution < -0.4 is 0 Å². The maximum atomic E-state index is 9.85. The highest BCUT2D eigenvalue weighted by Gasteiger charge is 2.44. The summed E-state index contributed by atoms with van der Waals surface area (Å²) in [4.78, 5) is 12.3. The number of nitrogens with zero attached hydrogens (tertiary/aromatic N) is 3. The molecule has 8 heteroatoms. The number of aliphatic hydroxyl groups is 3. The first kappa shape index (κ1) is 11.9. The Bertz CT molecular complexity index is 563. The van der Waals surface area contributed by atoms with E-state index in [4.69, 9.17) is 9.84 Å². The molecule has 0 spiro atoms. The first-order valence-corrected chi connectivity index (χ1v) is 6.27. The minimum atomic E-state index is -1.15. The third kappa shape index (κ3) is 1.78. The molecule has 1 aliphatic rings. The lowest BCUT2D eigenvalue weighted by atomic mass is 10.1. The van der Waals surface area contributed by atoms with E-state index in [1.54, 1.807) is 11.7 Å². The summed E-state index contributed by atoms with van der Waals surface area (Å²) in [5.74, 6) is 0.260. The molecule has 7 nitrogen and oxygen atoms in total. The van der Waals surface area contributed by atoms with Crippen molar-refractivity contribution < 1.29 is 20.1 Å². The summed E-state index contributed by atoms with van der Waals surface area (Å²) in [5.41, 5.74) is 2.18. The quantitative estimate of drug-likeness (QED) is 0.657. The average molecular weight is 269 g/mol. The third-order valence-corrected chi connectivity index (χ3v) is 3.66. The van der Waals surface area contributed by atoms with Crippen molar-refractivity contribution in [2.75, 3.05) is 6.61 Å². The van der Waals surface area contributed by atoms with Gasteiger partial charge in [0.1, 0.15) is 24.4 Å². The van der Waals surface area contributed by atoms with E-state index in [-0.39, 0.29) is 12.4 Å². The monoisotopic (exact) mass is 269 g/mol. The smallest absolute Gasteiger partial charge is 0.173 e. The average Bonchev–Trinajstić information content (AvgIpc) is 2.95. The summed E-state index contributed by atoms with van der Waals surface area (Å²) in [5, 5.41) is 28.5. The summed E-state index contributed by atoms with van der Waals surface area (Å²) in [6.45, 7) is -0.367. The van der Waals surface area contributed by atoms with Gasteiger partial charge in [0.05, 0.1) is 23.0 Å². The maximum Gasteiger partial charge on any atom is 0.173 e. The zero-order valence-electron chi connectivity index (χ0n) is 9.17. The Morgan fingerprint density at radius 1 is 1.28 bits per heavy atom. The zero-order valence-corrected chi connectivity index (χ0v) is 9.99. The molecule has 3 rings (SSSR count). The van der Waals surface area contributed by atoms with Crippen molar-refractivity contribution in [3.8, 4) is 0 Å². The van der Waals surface area contributed by atoms with E-state index >= 15 is 0 Å². The standard InChI is InChI=1S/C10H11N3O4S/c14-2-4-6(15)7(16)8(17-4)10-11-1-5-9(13-10)12-3-18-5/h1,3-4,6-8,14-16H,2H2/t4-,6-,7+,8-/m1/s1. The SMILES string of the molecule is OC[C@H]1O[C@@H](c2ncc3scnc3n2)[C@@H](O)[C@@H]1O. The van der Waals surface area contributed by atoms with Crippen LogP contribution >= 0.6 is 11.3 Å². The van der Waals surface area contributed by atoms with Gasteiger partial charge >= 0.3 is 0 Å². The molecule has 1 saturated heterocycles. The molecule has 96 valence electrons. The van der Waals surface area contributed by atoms with E-state index in [0.717, 1.165) is 4.70 Å². The molecular formula is C10H11N3O4S. The Labute approximate surface area is 106 Å². The first-order valence-electron chi connectivity index (χ1n) is 5.39. The van der Waals surface area contributed by atoms with Gasteiger partial charge in [0.25, 0.3) is 0 Å². The number of aromatic nitrogens is 3. The van der Waals surface area contributed by atoms with Crippen LogP contribution in [0.25, 0.3) is 10.3 Å². The number of rotatable bonds is 2. The summed E-state index contributed by atoms with van der Waals surface area (Å²) >= 11 is 1.42. The largest absolute Gasteiger partial charge is 0.394 e. The van der Waals surface area contributed by atoms with Crippen molar-refractivity contribution in [2.24, 2.45) is 0 Å². The van der Waals surface area contributed by atoms with Gasteiger partial charge in [0.15, 0.2) is 11.5 Å². The second-order valence-electron chi connectivity index (χ2n) is 4.03. The van der Waals surface area contributed by atoms with Crippen molar-refractivity contribution in [3.63, 3.8) is 0 Å². The summed E-state index contributed by atoms with van der Waals surface area (Å²) in [6, 6.07) is 0. The van der Waals surface area contributed by atoms with Gasteiger partial charge in [-0.15, -0.1) is 11.3 Å². The molecule has 1 fully saturated rings. The van der Waals surface area contributed by atoms with Crippen molar-refractivity contribution in [2.45, 2.75) is 24.4 Å². The highest BCUT2D eigenvalue weighted by molar-refractivity contribution is 7.16. The second-order valence-corrected chi connectivity index (χ2v) is 4.91. The van der Waals surface area contributed by atoms with Crippen molar-refractivity contribution in [3.05, 3.63) is 17.5 Å². The molecular weight excluding hydrogens is 258 g/mol. The minimum absolute atomic E-state index is 0.260. The Kier molecular flexibility index (Phi) is 2.96. The minimum Gasteiger partial charge on any atom is -0.394 e. The van der Waals surface area contributed by atoms with Crippen LogP contribution in [0.15, 0.2) is 11.7 Å². The fourth-order valence-electron chi connectivity index (χ4n) is 1.93. The van der Waals surface area contributed by atoms with E-state index in [2.05, 4.69) is 15.0 Å². The Morgan fingerprint density at radius 2 is 2.11 bits per heavy atom. The summed E-state index contributed by atoms with van der Waals surface area (Å²) in [7, 11) is 0. The van der Waals surface area contributed by atoms with E-state index in [1.807, 2.05) is 0 Å². The molecule has 0 aromatic carbocycles. The fraction of sp³-hybridized carbons (Fsp3) is 0.500. The molecule has 0 bridgehead atoms. The Morgan fingerprint density at radius 3 is 2.83 bits per heavy atom. The van der Waals surface area contributed by atoms with Crippen LogP contribution in [0, 0.1) is 0 Å². The topological polar surface area (TPSA) is 109 Å². The van der Waals surface area contributed by atoms with Crippen LogP contribution in [0.5, 0.6) is 0 Å². The number of hydrogen-bond acceptors (Lipinski definition) is 8. The highest BCUT2D eigenvalue weighted by Crippen LogP contribution is 2.32. The van der Waals surface area contributed by atoms with Crippen molar-refractivity contribution >= 4 is 21.7 Å². The predicted octanol–water partition coefficient (Wildman–Crippen LogP) is -0.760. The molecule has 0 radical (unpaired) electrons. The van der Waals surface area contributed by atoms with E-state index in [9.17, 15) is 10.2 Å². The molecule has 3 heterocycles. The molecule has 18 heavy (non-hydrogen) atoms. The maximum absolute atomic E-state index is 9.85. The molecule has 0 amide bonds. The molecule has 0 saturated carbocycles. The normalized spacial score (nSPS) is 32.2. The van der Waals surface area contributed by atoms with Crippen molar-refractivity contribution in [1.29, 1.82) is 0 Å². The number of hydrogen-bond donors (Lipinski definition) is 3. The number of ether oxygens (including phenoxy) is 1. The van der Waals surface area contributed by atoms with E-state index < -0.39 is 24.4 Å². The van der Waals surface area contributed by atoms with Crippen LogP contribution in [0.3, 0.4) is 0 Å². The van der Waals surface area contributed by atoms with Crippen LogP contribution in [-0.4, -0.2) is 55.2 Å². The Hall–Kier alpha value is -1.19. The number of thiazole rings is 1. The fourth-order valence-corrected chi connectivity index (χ4v) is 2.52.